The summed E-state index contributed by atoms with van der Waals surface area (Å²) in [4.78, 5) is 38.1. The Morgan fingerprint density at radius 3 is 0.769 bits per heavy atom. The van der Waals surface area contributed by atoms with Gasteiger partial charge in [-0.05, 0) is 44.9 Å². The van der Waals surface area contributed by atoms with Crippen LogP contribution in [0, 0.1) is 0 Å². The molecule has 0 saturated carbocycles. The first-order valence-electron chi connectivity index (χ1n) is 29.2. The summed E-state index contributed by atoms with van der Waals surface area (Å²) in [5, 5.41) is 0. The van der Waals surface area contributed by atoms with Crippen LogP contribution in [0.1, 0.15) is 329 Å². The highest BCUT2D eigenvalue weighted by Gasteiger charge is 2.19. The van der Waals surface area contributed by atoms with Gasteiger partial charge in [0.05, 0.1) is 0 Å². The molecular weight excluding hydrogens is 805 g/mol. The third-order valence-corrected chi connectivity index (χ3v) is 13.3. The van der Waals surface area contributed by atoms with Crippen LogP contribution in [-0.4, -0.2) is 37.2 Å². The maximum atomic E-state index is 12.8. The molecule has 0 spiro atoms. The second kappa shape index (κ2) is 54.8. The van der Waals surface area contributed by atoms with Crippen molar-refractivity contribution >= 4 is 17.9 Å². The zero-order valence-electron chi connectivity index (χ0n) is 44.0. The molecule has 0 aromatic carbocycles. The lowest BCUT2D eigenvalue weighted by molar-refractivity contribution is -0.167. The van der Waals surface area contributed by atoms with E-state index in [1.807, 2.05) is 0 Å². The molecule has 0 aromatic heterocycles. The van der Waals surface area contributed by atoms with Crippen LogP contribution in [0.5, 0.6) is 0 Å². The van der Waals surface area contributed by atoms with Crippen molar-refractivity contribution in [2.24, 2.45) is 0 Å². The molecule has 6 nitrogen and oxygen atoms in total. The van der Waals surface area contributed by atoms with E-state index in [2.05, 4.69) is 32.9 Å². The van der Waals surface area contributed by atoms with Crippen molar-refractivity contribution in [1.82, 2.24) is 0 Å². The molecule has 384 valence electrons. The van der Waals surface area contributed by atoms with Crippen LogP contribution in [0.2, 0.25) is 0 Å². The summed E-state index contributed by atoms with van der Waals surface area (Å²) in [5.41, 5.74) is 0. The zero-order valence-corrected chi connectivity index (χ0v) is 44.0. The van der Waals surface area contributed by atoms with E-state index in [9.17, 15) is 14.4 Å². The third kappa shape index (κ3) is 53.0. The van der Waals surface area contributed by atoms with E-state index < -0.39 is 6.10 Å². The van der Waals surface area contributed by atoms with E-state index in [-0.39, 0.29) is 31.1 Å². The number of hydrogen-bond donors (Lipinski definition) is 0. The van der Waals surface area contributed by atoms with Crippen LogP contribution in [0.4, 0.5) is 0 Å². The Morgan fingerprint density at radius 2 is 0.508 bits per heavy atom. The van der Waals surface area contributed by atoms with E-state index in [4.69, 9.17) is 14.2 Å². The Bertz CT molecular complexity index is 1010. The monoisotopic (exact) mass is 917 g/mol. The highest BCUT2D eigenvalue weighted by molar-refractivity contribution is 5.71. The predicted molar refractivity (Wildman–Crippen MR) is 280 cm³/mol. The molecule has 1 atom stereocenters. The first-order chi connectivity index (χ1) is 32.0. The van der Waals surface area contributed by atoms with Gasteiger partial charge in [0.1, 0.15) is 13.2 Å². The molecule has 0 fully saturated rings. The number of ether oxygens (including phenoxy) is 3. The quantitative estimate of drug-likeness (QED) is 0.0262. The van der Waals surface area contributed by atoms with Gasteiger partial charge in [-0.3, -0.25) is 14.4 Å². The van der Waals surface area contributed by atoms with Gasteiger partial charge in [-0.1, -0.05) is 277 Å². The van der Waals surface area contributed by atoms with Gasteiger partial charge in [0, 0.05) is 19.3 Å². The van der Waals surface area contributed by atoms with Crippen LogP contribution in [-0.2, 0) is 28.6 Å². The fourth-order valence-corrected chi connectivity index (χ4v) is 8.85. The minimum absolute atomic E-state index is 0.0657. The second-order valence-electron chi connectivity index (χ2n) is 19.9. The van der Waals surface area contributed by atoms with Crippen molar-refractivity contribution in [3.63, 3.8) is 0 Å². The minimum Gasteiger partial charge on any atom is -0.462 e. The molecule has 0 aromatic rings. The summed E-state index contributed by atoms with van der Waals surface area (Å²) in [6.07, 6.45) is 62.0. The van der Waals surface area contributed by atoms with Gasteiger partial charge >= 0.3 is 17.9 Å². The molecular formula is C59H112O6. The smallest absolute Gasteiger partial charge is 0.306 e. The lowest BCUT2D eigenvalue weighted by atomic mass is 10.0. The first kappa shape index (κ1) is 63.1. The van der Waals surface area contributed by atoms with Crippen LogP contribution in [0.15, 0.2) is 12.2 Å². The van der Waals surface area contributed by atoms with Crippen LogP contribution in [0.3, 0.4) is 0 Å². The summed E-state index contributed by atoms with van der Waals surface area (Å²) < 4.78 is 16.9. The average molecular weight is 918 g/mol. The number of unbranched alkanes of at least 4 members (excludes halogenated alkanes) is 41. The number of carbonyl (C=O) groups excluding carboxylic acids is 3. The zero-order chi connectivity index (χ0) is 47.2. The fourth-order valence-electron chi connectivity index (χ4n) is 8.85. The summed E-state index contributed by atoms with van der Waals surface area (Å²) >= 11 is 0. The van der Waals surface area contributed by atoms with Crippen molar-refractivity contribution in [2.45, 2.75) is 335 Å². The Balaban J connectivity index is 4.29. The van der Waals surface area contributed by atoms with Gasteiger partial charge < -0.3 is 14.2 Å². The molecule has 0 amide bonds. The van der Waals surface area contributed by atoms with Gasteiger partial charge in [-0.25, -0.2) is 0 Å². The number of allylic oxidation sites excluding steroid dienone is 2. The highest BCUT2D eigenvalue weighted by atomic mass is 16.6. The third-order valence-electron chi connectivity index (χ3n) is 13.3. The van der Waals surface area contributed by atoms with Crippen molar-refractivity contribution < 1.29 is 28.6 Å². The topological polar surface area (TPSA) is 78.9 Å². The molecule has 0 aliphatic heterocycles. The Hall–Kier alpha value is -1.85. The minimum atomic E-state index is -0.766. The van der Waals surface area contributed by atoms with E-state index in [0.717, 1.165) is 57.8 Å². The predicted octanol–water partition coefficient (Wildman–Crippen LogP) is 19.3. The van der Waals surface area contributed by atoms with Crippen LogP contribution in [0.25, 0.3) is 0 Å². The normalized spacial score (nSPS) is 12.0. The molecule has 0 bridgehead atoms. The first-order valence-corrected chi connectivity index (χ1v) is 29.2. The summed E-state index contributed by atoms with van der Waals surface area (Å²) in [5.74, 6) is -0.846. The summed E-state index contributed by atoms with van der Waals surface area (Å²) in [7, 11) is 0. The SMILES string of the molecule is CCCCCCCC/C=C\CCCCCCCCCC(=O)OC(COC(=O)CCCCCCCCCCCCCC)COC(=O)CCCCCCCCCCCCCCCCCCCC. The van der Waals surface area contributed by atoms with Crippen molar-refractivity contribution in [1.29, 1.82) is 0 Å². The number of hydrogen-bond acceptors (Lipinski definition) is 6. The lowest BCUT2D eigenvalue weighted by Crippen LogP contribution is -2.30. The standard InChI is InChI=1S/C59H112O6/c1-4-7-10-13-16-19-22-25-27-29-31-32-34-37-40-43-46-49-52-58(61)64-55-56(54-63-57(60)51-48-45-42-39-36-24-21-18-15-12-9-6-3)65-59(62)53-50-47-44-41-38-35-33-30-28-26-23-20-17-14-11-8-5-2/h26,28,56H,4-25,27,29-55H2,1-3H3/b28-26-. The molecule has 0 radical (unpaired) electrons. The molecule has 0 aliphatic rings. The van der Waals surface area contributed by atoms with E-state index >= 15 is 0 Å². The molecule has 6 heteroatoms. The number of esters is 3. The second-order valence-corrected chi connectivity index (χ2v) is 19.9. The maximum absolute atomic E-state index is 12.8. The maximum Gasteiger partial charge on any atom is 0.306 e. The highest BCUT2D eigenvalue weighted by Crippen LogP contribution is 2.17. The molecule has 65 heavy (non-hydrogen) atoms. The largest absolute Gasteiger partial charge is 0.462 e. The molecule has 0 N–H and O–H groups in total. The van der Waals surface area contributed by atoms with Gasteiger partial charge in [0.25, 0.3) is 0 Å². The van der Waals surface area contributed by atoms with Gasteiger partial charge in [-0.2, -0.15) is 0 Å². The number of rotatable bonds is 54. The van der Waals surface area contributed by atoms with Crippen molar-refractivity contribution in [3.8, 4) is 0 Å². The molecule has 0 saturated heterocycles. The molecule has 0 heterocycles. The average Bonchev–Trinajstić information content (AvgIpc) is 3.30. The van der Waals surface area contributed by atoms with E-state index in [1.165, 1.54) is 231 Å². The summed E-state index contributed by atoms with van der Waals surface area (Å²) in [6, 6.07) is 0. The summed E-state index contributed by atoms with van der Waals surface area (Å²) in [6.45, 7) is 6.69. The van der Waals surface area contributed by atoms with Crippen LogP contribution >= 0.6 is 0 Å². The van der Waals surface area contributed by atoms with E-state index in [1.54, 1.807) is 0 Å². The lowest BCUT2D eigenvalue weighted by Gasteiger charge is -2.18. The van der Waals surface area contributed by atoms with Gasteiger partial charge in [-0.15, -0.1) is 0 Å². The van der Waals surface area contributed by atoms with Gasteiger partial charge in [0.2, 0.25) is 0 Å². The Morgan fingerprint density at radius 1 is 0.292 bits per heavy atom. The fraction of sp³-hybridized carbons (Fsp3) is 0.915. The van der Waals surface area contributed by atoms with E-state index in [0.29, 0.717) is 19.3 Å². The van der Waals surface area contributed by atoms with Crippen molar-refractivity contribution in [2.75, 3.05) is 13.2 Å². The molecule has 1 unspecified atom stereocenters. The molecule has 0 rings (SSSR count). The van der Waals surface area contributed by atoms with Crippen LogP contribution < -0.4 is 0 Å². The molecule has 0 aliphatic carbocycles. The number of carbonyl (C=O) groups is 3. The van der Waals surface area contributed by atoms with Gasteiger partial charge in [0.15, 0.2) is 6.10 Å². The Labute approximate surface area is 405 Å². The van der Waals surface area contributed by atoms with Crippen molar-refractivity contribution in [3.05, 3.63) is 12.2 Å². The Kier molecular flexibility index (Phi) is 53.2.